The van der Waals surface area contributed by atoms with Crippen LogP contribution >= 0.6 is 0 Å². The molecule has 0 saturated heterocycles. The van der Waals surface area contributed by atoms with E-state index < -0.39 is 0 Å². The van der Waals surface area contributed by atoms with E-state index in [-0.39, 0.29) is 11.7 Å². The van der Waals surface area contributed by atoms with Gasteiger partial charge in [-0.15, -0.1) is 0 Å². The molecule has 4 aliphatic carbocycles. The van der Waals surface area contributed by atoms with Gasteiger partial charge in [0.05, 0.1) is 5.76 Å². The lowest BCUT2D eigenvalue weighted by Crippen LogP contribution is -2.49. The van der Waals surface area contributed by atoms with Crippen LogP contribution in [0.25, 0.3) is 0 Å². The molecule has 1 aliphatic heterocycles. The van der Waals surface area contributed by atoms with Gasteiger partial charge in [0.25, 0.3) is 0 Å². The van der Waals surface area contributed by atoms with E-state index in [9.17, 15) is 4.79 Å². The van der Waals surface area contributed by atoms with Crippen molar-refractivity contribution < 1.29 is 14.3 Å². The van der Waals surface area contributed by atoms with Gasteiger partial charge in [-0.1, -0.05) is 19.4 Å². The summed E-state index contributed by atoms with van der Waals surface area (Å²) in [5.41, 5.74) is 3.66. The topological polar surface area (TPSA) is 35.5 Å². The summed E-state index contributed by atoms with van der Waals surface area (Å²) in [5, 5.41) is 0. The first-order chi connectivity index (χ1) is 13.4. The fourth-order valence-electron chi connectivity index (χ4n) is 8.27. The summed E-state index contributed by atoms with van der Waals surface area (Å²) in [6.07, 6.45) is 11.1. The number of fused-ring (bicyclic) bond motifs is 7. The van der Waals surface area contributed by atoms with Crippen LogP contribution in [0.2, 0.25) is 0 Å². The maximum Gasteiger partial charge on any atom is 0.199 e. The quantitative estimate of drug-likeness (QED) is 0.603. The van der Waals surface area contributed by atoms with Crippen LogP contribution in [0.15, 0.2) is 23.0 Å². The number of ether oxygens (including phenoxy) is 2. The second-order valence-corrected chi connectivity index (χ2v) is 10.6. The molecule has 0 aromatic rings. The van der Waals surface area contributed by atoms with Gasteiger partial charge in [0.1, 0.15) is 0 Å². The van der Waals surface area contributed by atoms with Crippen molar-refractivity contribution in [1.82, 2.24) is 0 Å². The first-order valence-electron chi connectivity index (χ1n) is 11.6. The lowest BCUT2D eigenvalue weighted by Gasteiger charge is -2.57. The van der Waals surface area contributed by atoms with Crippen LogP contribution in [0, 0.1) is 34.5 Å². The van der Waals surface area contributed by atoms with Crippen LogP contribution < -0.4 is 0 Å². The summed E-state index contributed by atoms with van der Waals surface area (Å²) in [6, 6.07) is 0. The average Bonchev–Trinajstić information content (AvgIpc) is 2.95. The van der Waals surface area contributed by atoms with Gasteiger partial charge in [-0.05, 0) is 98.5 Å². The first kappa shape index (κ1) is 18.9. The fraction of sp³-hybridized carbons (Fsp3) is 0.800. The molecule has 3 fully saturated rings. The zero-order chi connectivity index (χ0) is 19.7. The second kappa shape index (κ2) is 6.45. The number of allylic oxidation sites excluding steroid dienone is 3. The summed E-state index contributed by atoms with van der Waals surface area (Å²) in [6.45, 7) is 9.97. The Labute approximate surface area is 169 Å². The van der Waals surface area contributed by atoms with Crippen molar-refractivity contribution >= 4 is 5.78 Å². The lowest BCUT2D eigenvalue weighted by molar-refractivity contribution is -0.132. The second-order valence-electron chi connectivity index (χ2n) is 10.6. The molecular formula is C25H36O3. The fourth-order valence-corrected chi connectivity index (χ4v) is 8.27. The monoisotopic (exact) mass is 384 g/mol. The molecule has 7 atom stereocenters. The Morgan fingerprint density at radius 1 is 1.11 bits per heavy atom. The van der Waals surface area contributed by atoms with Gasteiger partial charge in [0, 0.05) is 19.4 Å². The summed E-state index contributed by atoms with van der Waals surface area (Å²) >= 11 is 0. The van der Waals surface area contributed by atoms with Gasteiger partial charge in [0.2, 0.25) is 0 Å². The van der Waals surface area contributed by atoms with Crippen molar-refractivity contribution in [3.05, 3.63) is 23.0 Å². The molecule has 154 valence electrons. The van der Waals surface area contributed by atoms with E-state index in [1.54, 1.807) is 5.57 Å². The molecule has 0 amide bonds. The molecule has 0 radical (unpaired) electrons. The van der Waals surface area contributed by atoms with E-state index in [0.29, 0.717) is 17.1 Å². The van der Waals surface area contributed by atoms with Crippen LogP contribution in [0.4, 0.5) is 0 Å². The average molecular weight is 385 g/mol. The smallest absolute Gasteiger partial charge is 0.199 e. The highest BCUT2D eigenvalue weighted by atomic mass is 16.7. The highest BCUT2D eigenvalue weighted by Crippen LogP contribution is 2.69. The number of ketones is 1. The lowest BCUT2D eigenvalue weighted by atomic mass is 9.47. The number of rotatable bonds is 2. The summed E-state index contributed by atoms with van der Waals surface area (Å²) < 4.78 is 12.1. The Morgan fingerprint density at radius 2 is 1.93 bits per heavy atom. The molecule has 5 rings (SSSR count). The molecule has 1 heterocycles. The van der Waals surface area contributed by atoms with Crippen LogP contribution in [-0.4, -0.2) is 18.7 Å². The van der Waals surface area contributed by atoms with Crippen molar-refractivity contribution in [2.75, 3.05) is 6.61 Å². The Balaban J connectivity index is 1.47. The maximum atomic E-state index is 12.0. The van der Waals surface area contributed by atoms with Crippen LogP contribution in [0.1, 0.15) is 79.1 Å². The Morgan fingerprint density at radius 3 is 2.71 bits per heavy atom. The van der Waals surface area contributed by atoms with E-state index in [2.05, 4.69) is 27.7 Å². The Hall–Kier alpha value is -1.09. The molecule has 0 N–H and O–H groups in total. The molecule has 0 aromatic carbocycles. The maximum absolute atomic E-state index is 12.0. The molecule has 0 spiro atoms. The van der Waals surface area contributed by atoms with Crippen molar-refractivity contribution in [3.8, 4) is 0 Å². The van der Waals surface area contributed by atoms with Gasteiger partial charge < -0.3 is 9.47 Å². The van der Waals surface area contributed by atoms with Crippen molar-refractivity contribution in [1.29, 1.82) is 0 Å². The minimum Gasteiger partial charge on any atom is -0.470 e. The highest BCUT2D eigenvalue weighted by Gasteiger charge is 2.60. The van der Waals surface area contributed by atoms with Gasteiger partial charge in [-0.3, -0.25) is 4.79 Å². The van der Waals surface area contributed by atoms with Gasteiger partial charge in [0.15, 0.2) is 12.1 Å². The van der Waals surface area contributed by atoms with Gasteiger partial charge in [-0.25, -0.2) is 0 Å². The zero-order valence-corrected chi connectivity index (χ0v) is 18.1. The Bertz CT molecular complexity index is 749. The van der Waals surface area contributed by atoms with Crippen LogP contribution in [0.5, 0.6) is 0 Å². The third-order valence-electron chi connectivity index (χ3n) is 9.43. The SMILES string of the molecule is CCOC1CC2C[C@H]3[C@@H]4CCC5=CC(=O)CC[C@]5(C)[C@H]4CC[C@]3(C)C2=C(C)O1. The number of hydrogen-bond donors (Lipinski definition) is 0. The third-order valence-corrected chi connectivity index (χ3v) is 9.43. The van der Waals surface area contributed by atoms with Crippen LogP contribution in [0.3, 0.4) is 0 Å². The molecule has 3 saturated carbocycles. The summed E-state index contributed by atoms with van der Waals surface area (Å²) in [4.78, 5) is 12.0. The van der Waals surface area contributed by atoms with E-state index >= 15 is 0 Å². The molecular weight excluding hydrogens is 348 g/mol. The normalized spacial score (nSPS) is 47.5. The van der Waals surface area contributed by atoms with Crippen molar-refractivity contribution in [3.63, 3.8) is 0 Å². The van der Waals surface area contributed by atoms with Gasteiger partial charge in [-0.2, -0.15) is 0 Å². The molecule has 3 nitrogen and oxygen atoms in total. The minimum absolute atomic E-state index is 0.0546. The molecule has 5 aliphatic rings. The number of carbonyl (C=O) groups is 1. The van der Waals surface area contributed by atoms with Crippen molar-refractivity contribution in [2.45, 2.75) is 85.4 Å². The molecule has 28 heavy (non-hydrogen) atoms. The minimum atomic E-state index is -0.0546. The number of carbonyl (C=O) groups excluding carboxylic acids is 1. The van der Waals surface area contributed by atoms with Gasteiger partial charge >= 0.3 is 0 Å². The van der Waals surface area contributed by atoms with E-state index in [1.807, 2.05) is 6.08 Å². The third kappa shape index (κ3) is 2.54. The molecule has 2 unspecified atom stereocenters. The number of hydrogen-bond acceptors (Lipinski definition) is 3. The Kier molecular flexibility index (Phi) is 4.36. The van der Waals surface area contributed by atoms with E-state index in [1.165, 1.54) is 31.3 Å². The molecule has 0 bridgehead atoms. The summed E-state index contributed by atoms with van der Waals surface area (Å²) in [5.74, 6) is 4.47. The zero-order valence-electron chi connectivity index (χ0n) is 18.1. The van der Waals surface area contributed by atoms with Crippen LogP contribution in [-0.2, 0) is 14.3 Å². The highest BCUT2D eigenvalue weighted by molar-refractivity contribution is 5.91. The molecule has 3 heteroatoms. The van der Waals surface area contributed by atoms with Crippen molar-refractivity contribution in [2.24, 2.45) is 34.5 Å². The summed E-state index contributed by atoms with van der Waals surface area (Å²) in [7, 11) is 0. The molecule has 0 aromatic heterocycles. The van der Waals surface area contributed by atoms with E-state index in [4.69, 9.17) is 9.47 Å². The largest absolute Gasteiger partial charge is 0.470 e. The standard InChI is InChI=1S/C25H36O3/c1-5-27-22-13-16-12-21-19-7-6-17-14-18(26)8-10-24(17,3)20(19)9-11-25(21,4)23(16)15(2)28-22/h14,16,19-22H,5-13H2,1-4H3/t16?,19-,20+,21+,22?,24+,25+/m1/s1. The predicted molar refractivity (Wildman–Crippen MR) is 109 cm³/mol. The first-order valence-corrected chi connectivity index (χ1v) is 11.6. The van der Waals surface area contributed by atoms with E-state index in [0.717, 1.165) is 55.8 Å². The predicted octanol–water partition coefficient (Wildman–Crippen LogP) is 5.80.